The maximum Gasteiger partial charge on any atom is 0.293 e. The van der Waals surface area contributed by atoms with Crippen LogP contribution in [0, 0.1) is 22.0 Å². The van der Waals surface area contributed by atoms with Crippen LogP contribution in [0.4, 0.5) is 11.4 Å². The van der Waals surface area contributed by atoms with Crippen LogP contribution in [0.3, 0.4) is 0 Å². The summed E-state index contributed by atoms with van der Waals surface area (Å²) in [5.41, 5.74) is 5.86. The smallest absolute Gasteiger partial charge is 0.293 e. The van der Waals surface area contributed by atoms with Gasteiger partial charge in [0, 0.05) is 24.7 Å². The number of nitrogens with zero attached hydrogens (tertiary/aromatic N) is 2. The van der Waals surface area contributed by atoms with Crippen LogP contribution in [0.2, 0.25) is 0 Å². The van der Waals surface area contributed by atoms with E-state index in [-0.39, 0.29) is 11.3 Å². The molecule has 6 nitrogen and oxygen atoms in total. The van der Waals surface area contributed by atoms with Crippen molar-refractivity contribution < 1.29 is 9.72 Å². The van der Waals surface area contributed by atoms with Crippen LogP contribution in [-0.4, -0.2) is 23.9 Å². The zero-order valence-electron chi connectivity index (χ0n) is 11.7. The molecule has 1 saturated heterocycles. The number of carbonyl (C=O) groups excluding carboxylic acids is 1. The Hall–Kier alpha value is -2.11. The maximum absolute atomic E-state index is 11.2. The molecular formula is C14H19N3O3. The standard InChI is InChI=1S/C14H19N3O3/c1-9-5-10(2)8-16(7-9)12-4-3-11(14(15)18)6-13(12)17(19)20/h3-4,6,9-10H,5,7-8H2,1-2H3,(H2,15,18)/t9-,10-/m1/s1. The topological polar surface area (TPSA) is 89.5 Å². The number of primary amides is 1. The molecule has 1 amide bonds. The van der Waals surface area contributed by atoms with E-state index < -0.39 is 10.8 Å². The largest absolute Gasteiger partial charge is 0.366 e. The molecule has 20 heavy (non-hydrogen) atoms. The number of anilines is 1. The molecule has 2 atom stereocenters. The minimum atomic E-state index is -0.653. The van der Waals surface area contributed by atoms with Crippen LogP contribution in [0.1, 0.15) is 30.6 Å². The summed E-state index contributed by atoms with van der Waals surface area (Å²) in [7, 11) is 0. The molecule has 1 aromatic rings. The number of rotatable bonds is 3. The molecule has 1 heterocycles. The van der Waals surface area contributed by atoms with E-state index in [9.17, 15) is 14.9 Å². The van der Waals surface area contributed by atoms with Gasteiger partial charge in [0.25, 0.3) is 5.69 Å². The summed E-state index contributed by atoms with van der Waals surface area (Å²) in [6, 6.07) is 4.44. The third kappa shape index (κ3) is 2.89. The van der Waals surface area contributed by atoms with E-state index in [1.54, 1.807) is 12.1 Å². The van der Waals surface area contributed by atoms with Crippen molar-refractivity contribution in [1.82, 2.24) is 0 Å². The summed E-state index contributed by atoms with van der Waals surface area (Å²) in [5, 5.41) is 11.2. The lowest BCUT2D eigenvalue weighted by Crippen LogP contribution is -2.39. The van der Waals surface area contributed by atoms with E-state index in [0.717, 1.165) is 19.5 Å². The van der Waals surface area contributed by atoms with E-state index in [0.29, 0.717) is 17.5 Å². The Labute approximate surface area is 117 Å². The van der Waals surface area contributed by atoms with Crippen molar-refractivity contribution in [3.05, 3.63) is 33.9 Å². The highest BCUT2D eigenvalue weighted by molar-refractivity contribution is 5.94. The van der Waals surface area contributed by atoms with Crippen LogP contribution >= 0.6 is 0 Å². The predicted molar refractivity (Wildman–Crippen MR) is 76.8 cm³/mol. The fourth-order valence-electron chi connectivity index (χ4n) is 2.95. The lowest BCUT2D eigenvalue weighted by atomic mass is 9.91. The molecule has 2 N–H and O–H groups in total. The first kappa shape index (κ1) is 14.3. The molecule has 2 rings (SSSR count). The molecule has 0 saturated carbocycles. The zero-order chi connectivity index (χ0) is 14.9. The number of piperidine rings is 1. The Bertz CT molecular complexity index is 534. The van der Waals surface area contributed by atoms with Gasteiger partial charge in [0.15, 0.2) is 0 Å². The first-order chi connectivity index (χ1) is 9.38. The molecule has 0 aromatic heterocycles. The molecule has 1 fully saturated rings. The van der Waals surface area contributed by atoms with Crippen molar-refractivity contribution >= 4 is 17.3 Å². The molecule has 0 spiro atoms. The van der Waals surface area contributed by atoms with Crippen molar-refractivity contribution in [2.45, 2.75) is 20.3 Å². The molecule has 1 aliphatic rings. The van der Waals surface area contributed by atoms with E-state index in [2.05, 4.69) is 13.8 Å². The summed E-state index contributed by atoms with van der Waals surface area (Å²) in [6.07, 6.45) is 1.13. The van der Waals surface area contributed by atoms with Crippen LogP contribution in [0.5, 0.6) is 0 Å². The first-order valence-corrected chi connectivity index (χ1v) is 6.71. The molecule has 0 unspecified atom stereocenters. The molecule has 1 aliphatic heterocycles. The van der Waals surface area contributed by atoms with E-state index >= 15 is 0 Å². The van der Waals surface area contributed by atoms with Crippen LogP contribution in [-0.2, 0) is 0 Å². The second-order valence-corrected chi connectivity index (χ2v) is 5.68. The van der Waals surface area contributed by atoms with Crippen molar-refractivity contribution in [2.24, 2.45) is 17.6 Å². The lowest BCUT2D eigenvalue weighted by molar-refractivity contribution is -0.384. The number of carbonyl (C=O) groups is 1. The van der Waals surface area contributed by atoms with Gasteiger partial charge in [-0.25, -0.2) is 0 Å². The average molecular weight is 277 g/mol. The number of benzene rings is 1. The Kier molecular flexibility index (Phi) is 3.92. The second kappa shape index (κ2) is 5.48. The molecule has 0 bridgehead atoms. The monoisotopic (exact) mass is 277 g/mol. The summed E-state index contributed by atoms with van der Waals surface area (Å²) in [5.74, 6) is 0.336. The molecule has 0 aliphatic carbocycles. The Morgan fingerprint density at radius 2 is 1.95 bits per heavy atom. The van der Waals surface area contributed by atoms with Crippen molar-refractivity contribution in [1.29, 1.82) is 0 Å². The minimum absolute atomic E-state index is 0.0531. The van der Waals surface area contributed by atoms with Crippen LogP contribution in [0.25, 0.3) is 0 Å². The molecule has 1 aromatic carbocycles. The number of hydrogen-bond acceptors (Lipinski definition) is 4. The van der Waals surface area contributed by atoms with Gasteiger partial charge in [-0.3, -0.25) is 14.9 Å². The summed E-state index contributed by atoms with van der Waals surface area (Å²) < 4.78 is 0. The molecule has 108 valence electrons. The number of hydrogen-bond donors (Lipinski definition) is 1. The number of nitrogens with two attached hydrogens (primary N) is 1. The van der Waals surface area contributed by atoms with Crippen LogP contribution < -0.4 is 10.6 Å². The Balaban J connectivity index is 2.40. The van der Waals surface area contributed by atoms with Crippen molar-refractivity contribution in [3.63, 3.8) is 0 Å². The van der Waals surface area contributed by atoms with Crippen LogP contribution in [0.15, 0.2) is 18.2 Å². The molecule has 0 radical (unpaired) electrons. The van der Waals surface area contributed by atoms with E-state index in [4.69, 9.17) is 5.73 Å². The lowest BCUT2D eigenvalue weighted by Gasteiger charge is -2.36. The minimum Gasteiger partial charge on any atom is -0.366 e. The fourth-order valence-corrected chi connectivity index (χ4v) is 2.95. The Morgan fingerprint density at radius 1 is 1.35 bits per heavy atom. The molecular weight excluding hydrogens is 258 g/mol. The van der Waals surface area contributed by atoms with Crippen molar-refractivity contribution in [3.8, 4) is 0 Å². The normalized spacial score (nSPS) is 22.6. The van der Waals surface area contributed by atoms with Gasteiger partial charge < -0.3 is 10.6 Å². The number of nitro groups is 1. The summed E-state index contributed by atoms with van der Waals surface area (Å²) in [6.45, 7) is 5.88. The van der Waals surface area contributed by atoms with E-state index in [1.165, 1.54) is 6.07 Å². The highest BCUT2D eigenvalue weighted by Crippen LogP contribution is 2.33. The van der Waals surface area contributed by atoms with Gasteiger partial charge in [-0.1, -0.05) is 13.8 Å². The maximum atomic E-state index is 11.2. The molecule has 6 heteroatoms. The zero-order valence-corrected chi connectivity index (χ0v) is 11.7. The van der Waals surface area contributed by atoms with Gasteiger partial charge in [0.05, 0.1) is 4.92 Å². The van der Waals surface area contributed by atoms with Gasteiger partial charge in [0.2, 0.25) is 5.91 Å². The quantitative estimate of drug-likeness (QED) is 0.677. The van der Waals surface area contributed by atoms with Gasteiger partial charge in [-0.2, -0.15) is 0 Å². The highest BCUT2D eigenvalue weighted by atomic mass is 16.6. The number of nitro benzene ring substituents is 1. The second-order valence-electron chi connectivity index (χ2n) is 5.68. The fraction of sp³-hybridized carbons (Fsp3) is 0.500. The van der Waals surface area contributed by atoms with Crippen molar-refractivity contribution in [2.75, 3.05) is 18.0 Å². The number of amides is 1. The SMILES string of the molecule is C[C@@H]1C[C@@H](C)CN(c2ccc(C(N)=O)cc2[N+](=O)[O-])C1. The Morgan fingerprint density at radius 3 is 2.45 bits per heavy atom. The highest BCUT2D eigenvalue weighted by Gasteiger charge is 2.27. The van der Waals surface area contributed by atoms with Gasteiger partial charge in [0.1, 0.15) is 5.69 Å². The predicted octanol–water partition coefficient (Wildman–Crippen LogP) is 2.18. The van der Waals surface area contributed by atoms with E-state index in [1.807, 2.05) is 4.90 Å². The summed E-state index contributed by atoms with van der Waals surface area (Å²) in [4.78, 5) is 24.0. The third-order valence-corrected chi connectivity index (χ3v) is 3.67. The summed E-state index contributed by atoms with van der Waals surface area (Å²) >= 11 is 0. The van der Waals surface area contributed by atoms with Gasteiger partial charge >= 0.3 is 0 Å². The third-order valence-electron chi connectivity index (χ3n) is 3.67. The van der Waals surface area contributed by atoms with Gasteiger partial charge in [-0.15, -0.1) is 0 Å². The van der Waals surface area contributed by atoms with Gasteiger partial charge in [-0.05, 0) is 30.4 Å². The first-order valence-electron chi connectivity index (χ1n) is 6.71. The average Bonchev–Trinajstić information content (AvgIpc) is 2.36.